The third kappa shape index (κ3) is 2.72. The van der Waals surface area contributed by atoms with Crippen molar-refractivity contribution in [1.82, 2.24) is 4.90 Å². The molecule has 1 unspecified atom stereocenters. The van der Waals surface area contributed by atoms with Gasteiger partial charge in [0.05, 0.1) is 6.61 Å². The lowest BCUT2D eigenvalue weighted by Gasteiger charge is -2.47. The van der Waals surface area contributed by atoms with E-state index in [0.717, 1.165) is 44.5 Å². The number of esters is 1. The largest absolute Gasteiger partial charge is 0.464 e. The predicted molar refractivity (Wildman–Crippen MR) is 77.1 cm³/mol. The molecular weight excluding hydrogens is 252 g/mol. The minimum absolute atomic E-state index is 0.209. The van der Waals surface area contributed by atoms with E-state index in [-0.39, 0.29) is 11.4 Å². The van der Waals surface area contributed by atoms with Crippen LogP contribution in [0.3, 0.4) is 0 Å². The second-order valence-corrected chi connectivity index (χ2v) is 6.09. The fourth-order valence-corrected chi connectivity index (χ4v) is 3.22. The molecule has 0 saturated carbocycles. The molecule has 0 amide bonds. The fraction of sp³-hybridized carbons (Fsp3) is 0.562. The molecule has 3 aliphatic heterocycles. The molecule has 3 aliphatic rings. The van der Waals surface area contributed by atoms with Crippen molar-refractivity contribution in [3.63, 3.8) is 0 Å². The van der Waals surface area contributed by atoms with E-state index >= 15 is 0 Å². The number of nitrogens with two attached hydrogens (primary N) is 1. The first-order valence-electron chi connectivity index (χ1n) is 7.38. The van der Waals surface area contributed by atoms with Crippen LogP contribution in [-0.4, -0.2) is 37.1 Å². The smallest absolute Gasteiger partial charge is 0.327 e. The first kappa shape index (κ1) is 13.6. The van der Waals surface area contributed by atoms with Crippen LogP contribution in [0.25, 0.3) is 0 Å². The highest BCUT2D eigenvalue weighted by Crippen LogP contribution is 2.40. The zero-order chi connectivity index (χ0) is 14.0. The Kier molecular flexibility index (Phi) is 3.76. The molecule has 1 atom stereocenters. The van der Waals surface area contributed by atoms with Gasteiger partial charge in [-0.2, -0.15) is 0 Å². The van der Waals surface area contributed by atoms with Crippen molar-refractivity contribution in [3.05, 3.63) is 35.9 Å². The first-order chi connectivity index (χ1) is 9.69. The van der Waals surface area contributed by atoms with E-state index in [1.165, 1.54) is 0 Å². The predicted octanol–water partition coefficient (Wildman–Crippen LogP) is 1.72. The number of carbonyl (C=O) groups is 1. The maximum atomic E-state index is 12.1. The summed E-state index contributed by atoms with van der Waals surface area (Å²) in [6.45, 7) is 3.95. The first-order valence-corrected chi connectivity index (χ1v) is 7.38. The Labute approximate surface area is 119 Å². The summed E-state index contributed by atoms with van der Waals surface area (Å²) < 4.78 is 5.53. The molecule has 1 aromatic rings. The van der Waals surface area contributed by atoms with Gasteiger partial charge >= 0.3 is 5.97 Å². The average molecular weight is 274 g/mol. The van der Waals surface area contributed by atoms with Gasteiger partial charge in [0.1, 0.15) is 6.04 Å². The van der Waals surface area contributed by atoms with Gasteiger partial charge in [-0.15, -0.1) is 0 Å². The van der Waals surface area contributed by atoms with Crippen LogP contribution >= 0.6 is 0 Å². The number of carbonyl (C=O) groups excluding carboxylic acids is 1. The highest BCUT2D eigenvalue weighted by Gasteiger charge is 2.40. The van der Waals surface area contributed by atoms with Gasteiger partial charge in [-0.05, 0) is 44.5 Å². The van der Waals surface area contributed by atoms with Crippen molar-refractivity contribution in [2.45, 2.75) is 25.3 Å². The zero-order valence-corrected chi connectivity index (χ0v) is 11.8. The van der Waals surface area contributed by atoms with Crippen molar-refractivity contribution in [3.8, 4) is 0 Å². The number of benzene rings is 1. The molecule has 2 N–H and O–H groups in total. The zero-order valence-electron chi connectivity index (χ0n) is 11.8. The van der Waals surface area contributed by atoms with E-state index in [1.807, 2.05) is 30.3 Å². The van der Waals surface area contributed by atoms with Crippen LogP contribution in [-0.2, 0) is 9.53 Å². The molecule has 0 radical (unpaired) electrons. The Bertz CT molecular complexity index is 453. The minimum atomic E-state index is -0.670. The van der Waals surface area contributed by atoms with E-state index in [1.54, 1.807) is 0 Å². The van der Waals surface area contributed by atoms with Gasteiger partial charge in [0.25, 0.3) is 0 Å². The molecule has 0 aliphatic carbocycles. The van der Waals surface area contributed by atoms with Gasteiger partial charge in [0.15, 0.2) is 0 Å². The number of hydrogen-bond acceptors (Lipinski definition) is 4. The normalized spacial score (nSPS) is 29.9. The Balaban J connectivity index is 1.57. The summed E-state index contributed by atoms with van der Waals surface area (Å²) in [7, 11) is 0. The lowest BCUT2D eigenvalue weighted by atomic mass is 9.73. The summed E-state index contributed by atoms with van der Waals surface area (Å²) in [4.78, 5) is 14.6. The summed E-state index contributed by atoms with van der Waals surface area (Å²) in [5.74, 6) is -0.307. The topological polar surface area (TPSA) is 55.6 Å². The van der Waals surface area contributed by atoms with E-state index < -0.39 is 6.04 Å². The molecule has 3 fully saturated rings. The standard InChI is InChI=1S/C16H22N2O2/c17-14(13-4-2-1-3-5-13)15(19)20-12-16-6-9-18(10-7-16)11-8-16/h1-5,14H,6-12,17H2. The van der Waals surface area contributed by atoms with Crippen molar-refractivity contribution in [1.29, 1.82) is 0 Å². The van der Waals surface area contributed by atoms with Gasteiger partial charge in [-0.3, -0.25) is 0 Å². The van der Waals surface area contributed by atoms with Crippen LogP contribution in [0, 0.1) is 5.41 Å². The molecule has 0 aromatic heterocycles. The number of hydrogen-bond donors (Lipinski definition) is 1. The SMILES string of the molecule is NC(C(=O)OCC12CCN(CC1)CC2)c1ccccc1. The number of piperidine rings is 3. The molecule has 4 nitrogen and oxygen atoms in total. The third-order valence-corrected chi connectivity index (χ3v) is 4.81. The fourth-order valence-electron chi connectivity index (χ4n) is 3.22. The number of rotatable bonds is 4. The van der Waals surface area contributed by atoms with Gasteiger partial charge in [-0.25, -0.2) is 4.79 Å². The highest BCUT2D eigenvalue weighted by atomic mass is 16.5. The van der Waals surface area contributed by atoms with Crippen LogP contribution in [0.4, 0.5) is 0 Å². The lowest BCUT2D eigenvalue weighted by Crippen LogP contribution is -2.50. The molecule has 108 valence electrons. The molecule has 0 spiro atoms. The number of fused-ring (bicyclic) bond motifs is 3. The second-order valence-electron chi connectivity index (χ2n) is 6.09. The Morgan fingerprint density at radius 2 is 1.80 bits per heavy atom. The molecule has 1 aromatic carbocycles. The molecule has 2 bridgehead atoms. The van der Waals surface area contributed by atoms with Crippen LogP contribution in [0.15, 0.2) is 30.3 Å². The quantitative estimate of drug-likeness (QED) is 0.849. The maximum Gasteiger partial charge on any atom is 0.327 e. The molecule has 20 heavy (non-hydrogen) atoms. The van der Waals surface area contributed by atoms with E-state index in [9.17, 15) is 4.79 Å². The monoisotopic (exact) mass is 274 g/mol. The van der Waals surface area contributed by atoms with Crippen LogP contribution in [0.1, 0.15) is 30.9 Å². The molecule has 3 saturated heterocycles. The van der Waals surface area contributed by atoms with Crippen molar-refractivity contribution in [2.24, 2.45) is 11.1 Å². The summed E-state index contributed by atoms with van der Waals surface area (Å²) in [5, 5.41) is 0. The molecule has 4 rings (SSSR count). The van der Waals surface area contributed by atoms with Crippen molar-refractivity contribution >= 4 is 5.97 Å². The minimum Gasteiger partial charge on any atom is -0.464 e. The van der Waals surface area contributed by atoms with Gasteiger partial charge in [0, 0.05) is 5.41 Å². The average Bonchev–Trinajstić information content (AvgIpc) is 2.54. The third-order valence-electron chi connectivity index (χ3n) is 4.81. The maximum absolute atomic E-state index is 12.1. The highest BCUT2D eigenvalue weighted by molar-refractivity contribution is 5.77. The van der Waals surface area contributed by atoms with Crippen LogP contribution in [0.5, 0.6) is 0 Å². The summed E-state index contributed by atoms with van der Waals surface area (Å²) in [5.41, 5.74) is 6.99. The van der Waals surface area contributed by atoms with Crippen molar-refractivity contribution < 1.29 is 9.53 Å². The van der Waals surface area contributed by atoms with Crippen LogP contribution < -0.4 is 5.73 Å². The summed E-state index contributed by atoms with van der Waals surface area (Å²) in [6, 6.07) is 8.75. The van der Waals surface area contributed by atoms with Crippen LogP contribution in [0.2, 0.25) is 0 Å². The van der Waals surface area contributed by atoms with E-state index in [0.29, 0.717) is 6.61 Å². The molecule has 3 heterocycles. The van der Waals surface area contributed by atoms with E-state index in [4.69, 9.17) is 10.5 Å². The van der Waals surface area contributed by atoms with E-state index in [2.05, 4.69) is 4.90 Å². The lowest BCUT2D eigenvalue weighted by molar-refractivity contribution is -0.152. The Hall–Kier alpha value is -1.39. The van der Waals surface area contributed by atoms with Gasteiger partial charge in [0.2, 0.25) is 0 Å². The van der Waals surface area contributed by atoms with Gasteiger partial charge < -0.3 is 15.4 Å². The summed E-state index contributed by atoms with van der Waals surface area (Å²) >= 11 is 0. The number of nitrogens with zero attached hydrogens (tertiary/aromatic N) is 1. The molecule has 4 heteroatoms. The Morgan fingerprint density at radius 3 is 2.40 bits per heavy atom. The summed E-state index contributed by atoms with van der Waals surface area (Å²) in [6.07, 6.45) is 3.42. The molecular formula is C16H22N2O2. The second kappa shape index (κ2) is 5.54. The van der Waals surface area contributed by atoms with Crippen molar-refractivity contribution in [2.75, 3.05) is 26.2 Å². The number of ether oxygens (including phenoxy) is 1. The van der Waals surface area contributed by atoms with Gasteiger partial charge in [-0.1, -0.05) is 30.3 Å². The Morgan fingerprint density at radius 1 is 1.20 bits per heavy atom.